The Kier molecular flexibility index (Phi) is 7.05. The molecule has 1 amide bonds. The smallest absolute Gasteiger partial charge is 0.224 e. The van der Waals surface area contributed by atoms with Crippen molar-refractivity contribution >= 4 is 12.0 Å². The SMILES string of the molecule is COCC(C)(CCO)NC(=O)C/C=C/c1ccc(F)cc1. The molecule has 1 atom stereocenters. The van der Waals surface area contributed by atoms with Crippen molar-refractivity contribution in [2.75, 3.05) is 20.3 Å². The maximum absolute atomic E-state index is 12.7. The van der Waals surface area contributed by atoms with Crippen LogP contribution in [0, 0.1) is 5.82 Å². The summed E-state index contributed by atoms with van der Waals surface area (Å²) in [5, 5.41) is 11.9. The van der Waals surface area contributed by atoms with E-state index in [1.165, 1.54) is 12.1 Å². The molecule has 0 heterocycles. The lowest BCUT2D eigenvalue weighted by Gasteiger charge is -2.29. The van der Waals surface area contributed by atoms with E-state index in [4.69, 9.17) is 9.84 Å². The summed E-state index contributed by atoms with van der Waals surface area (Å²) in [6.45, 7) is 2.14. The number of hydrogen-bond acceptors (Lipinski definition) is 3. The molecule has 0 aliphatic rings. The van der Waals surface area contributed by atoms with Gasteiger partial charge in [-0.3, -0.25) is 4.79 Å². The van der Waals surface area contributed by atoms with Crippen LogP contribution in [0.3, 0.4) is 0 Å². The van der Waals surface area contributed by atoms with Crippen molar-refractivity contribution in [2.45, 2.75) is 25.3 Å². The van der Waals surface area contributed by atoms with E-state index in [1.54, 1.807) is 31.4 Å². The highest BCUT2D eigenvalue weighted by Crippen LogP contribution is 2.10. The average molecular weight is 295 g/mol. The minimum atomic E-state index is -0.579. The third-order valence-corrected chi connectivity index (χ3v) is 3.05. The molecule has 1 aromatic carbocycles. The number of methoxy groups -OCH3 is 1. The number of hydrogen-bond donors (Lipinski definition) is 2. The first-order valence-electron chi connectivity index (χ1n) is 6.82. The van der Waals surface area contributed by atoms with Crippen molar-refractivity contribution in [3.05, 3.63) is 41.7 Å². The topological polar surface area (TPSA) is 58.6 Å². The molecule has 1 unspecified atom stereocenters. The van der Waals surface area contributed by atoms with Crippen LogP contribution < -0.4 is 5.32 Å². The maximum atomic E-state index is 12.7. The van der Waals surface area contributed by atoms with Crippen LogP contribution in [-0.4, -0.2) is 36.9 Å². The van der Waals surface area contributed by atoms with Gasteiger partial charge in [0.2, 0.25) is 5.91 Å². The highest BCUT2D eigenvalue weighted by molar-refractivity contribution is 5.79. The minimum absolute atomic E-state index is 0.0223. The summed E-state index contributed by atoms with van der Waals surface area (Å²) in [6.07, 6.45) is 4.11. The zero-order valence-electron chi connectivity index (χ0n) is 12.4. The van der Waals surface area contributed by atoms with Gasteiger partial charge in [-0.25, -0.2) is 4.39 Å². The monoisotopic (exact) mass is 295 g/mol. The number of ether oxygens (including phenoxy) is 1. The van der Waals surface area contributed by atoms with E-state index < -0.39 is 5.54 Å². The van der Waals surface area contributed by atoms with E-state index in [0.717, 1.165) is 5.56 Å². The van der Waals surface area contributed by atoms with Gasteiger partial charge >= 0.3 is 0 Å². The Balaban J connectivity index is 2.50. The molecule has 116 valence electrons. The standard InChI is InChI=1S/C16H22FNO3/c1-16(10-11-19,12-21-2)18-15(20)5-3-4-13-6-8-14(17)9-7-13/h3-4,6-9,19H,5,10-12H2,1-2H3,(H,18,20)/b4-3+. The van der Waals surface area contributed by atoms with Gasteiger partial charge < -0.3 is 15.2 Å². The number of carbonyl (C=O) groups excluding carboxylic acids is 1. The fourth-order valence-electron chi connectivity index (χ4n) is 2.00. The van der Waals surface area contributed by atoms with Crippen LogP contribution in [0.25, 0.3) is 6.08 Å². The van der Waals surface area contributed by atoms with E-state index >= 15 is 0 Å². The lowest BCUT2D eigenvalue weighted by atomic mass is 9.99. The molecular weight excluding hydrogens is 273 g/mol. The van der Waals surface area contributed by atoms with Gasteiger partial charge in [0.1, 0.15) is 5.82 Å². The van der Waals surface area contributed by atoms with Gasteiger partial charge in [0.15, 0.2) is 0 Å². The van der Waals surface area contributed by atoms with Crippen molar-refractivity contribution in [3.8, 4) is 0 Å². The van der Waals surface area contributed by atoms with Crippen molar-refractivity contribution < 1.29 is 19.0 Å². The highest BCUT2D eigenvalue weighted by Gasteiger charge is 2.25. The first-order chi connectivity index (χ1) is 9.99. The Bertz CT molecular complexity index is 465. The Morgan fingerprint density at radius 3 is 2.67 bits per heavy atom. The van der Waals surface area contributed by atoms with Gasteiger partial charge in [0.05, 0.1) is 12.1 Å². The molecule has 0 spiro atoms. The van der Waals surface area contributed by atoms with Crippen LogP contribution in [0.4, 0.5) is 4.39 Å². The summed E-state index contributed by atoms with van der Waals surface area (Å²) >= 11 is 0. The average Bonchev–Trinajstić information content (AvgIpc) is 2.41. The van der Waals surface area contributed by atoms with Gasteiger partial charge in [0, 0.05) is 20.1 Å². The maximum Gasteiger partial charge on any atom is 0.224 e. The number of aliphatic hydroxyl groups excluding tert-OH is 1. The van der Waals surface area contributed by atoms with Gasteiger partial charge in [-0.2, -0.15) is 0 Å². The van der Waals surface area contributed by atoms with E-state index in [2.05, 4.69) is 5.32 Å². The molecule has 0 bridgehead atoms. The number of amides is 1. The number of benzene rings is 1. The van der Waals surface area contributed by atoms with Crippen LogP contribution in [0.2, 0.25) is 0 Å². The zero-order chi connectivity index (χ0) is 15.7. The summed E-state index contributed by atoms with van der Waals surface area (Å²) in [4.78, 5) is 11.9. The molecule has 4 nitrogen and oxygen atoms in total. The third kappa shape index (κ3) is 6.51. The summed E-state index contributed by atoms with van der Waals surface area (Å²) < 4.78 is 17.8. The second kappa shape index (κ2) is 8.54. The molecule has 0 aliphatic heterocycles. The van der Waals surface area contributed by atoms with Crippen LogP contribution in [-0.2, 0) is 9.53 Å². The normalized spacial score (nSPS) is 14.1. The number of aliphatic hydroxyl groups is 1. The lowest BCUT2D eigenvalue weighted by molar-refractivity contribution is -0.122. The van der Waals surface area contributed by atoms with Crippen LogP contribution in [0.1, 0.15) is 25.3 Å². The second-order valence-corrected chi connectivity index (χ2v) is 5.17. The molecule has 2 N–H and O–H groups in total. The summed E-state index contributed by atoms with van der Waals surface area (Å²) in [7, 11) is 1.55. The predicted octanol–water partition coefficient (Wildman–Crippen LogP) is 2.13. The molecule has 1 rings (SSSR count). The predicted molar refractivity (Wildman–Crippen MR) is 80.2 cm³/mol. The van der Waals surface area contributed by atoms with Gasteiger partial charge in [-0.05, 0) is 31.0 Å². The summed E-state index contributed by atoms with van der Waals surface area (Å²) in [6, 6.07) is 6.03. The molecule has 0 fully saturated rings. The largest absolute Gasteiger partial charge is 0.396 e. The van der Waals surface area contributed by atoms with Gasteiger partial charge in [-0.1, -0.05) is 24.3 Å². The van der Waals surface area contributed by atoms with Gasteiger partial charge in [0.25, 0.3) is 0 Å². The fourth-order valence-corrected chi connectivity index (χ4v) is 2.00. The third-order valence-electron chi connectivity index (χ3n) is 3.05. The summed E-state index contributed by atoms with van der Waals surface area (Å²) in [5.74, 6) is -0.439. The van der Waals surface area contributed by atoms with Crippen molar-refractivity contribution in [1.82, 2.24) is 5.32 Å². The number of rotatable bonds is 8. The van der Waals surface area contributed by atoms with Crippen molar-refractivity contribution in [1.29, 1.82) is 0 Å². The first-order valence-corrected chi connectivity index (χ1v) is 6.82. The first kappa shape index (κ1) is 17.3. The molecule has 5 heteroatoms. The number of halogens is 1. The molecule has 0 aromatic heterocycles. The van der Waals surface area contributed by atoms with Crippen LogP contribution in [0.5, 0.6) is 0 Å². The Labute approximate surface area is 124 Å². The highest BCUT2D eigenvalue weighted by atomic mass is 19.1. The quantitative estimate of drug-likeness (QED) is 0.772. The molecule has 21 heavy (non-hydrogen) atoms. The van der Waals surface area contributed by atoms with Crippen molar-refractivity contribution in [2.24, 2.45) is 0 Å². The lowest BCUT2D eigenvalue weighted by Crippen LogP contribution is -2.49. The van der Waals surface area contributed by atoms with E-state index in [1.807, 2.05) is 6.92 Å². The van der Waals surface area contributed by atoms with E-state index in [0.29, 0.717) is 13.0 Å². The Hall–Kier alpha value is -1.72. The molecule has 0 saturated heterocycles. The molecular formula is C16H22FNO3. The van der Waals surface area contributed by atoms with Crippen molar-refractivity contribution in [3.63, 3.8) is 0 Å². The Morgan fingerprint density at radius 1 is 1.43 bits per heavy atom. The summed E-state index contributed by atoms with van der Waals surface area (Å²) in [5.41, 5.74) is 0.254. The molecule has 0 aliphatic carbocycles. The van der Waals surface area contributed by atoms with E-state index in [-0.39, 0.29) is 24.8 Å². The van der Waals surface area contributed by atoms with Crippen LogP contribution >= 0.6 is 0 Å². The van der Waals surface area contributed by atoms with Gasteiger partial charge in [-0.15, -0.1) is 0 Å². The molecule has 1 aromatic rings. The molecule has 0 radical (unpaired) electrons. The fraction of sp³-hybridized carbons (Fsp3) is 0.438. The van der Waals surface area contributed by atoms with E-state index in [9.17, 15) is 9.18 Å². The zero-order valence-corrected chi connectivity index (χ0v) is 12.4. The molecule has 0 saturated carbocycles. The Morgan fingerprint density at radius 2 is 2.10 bits per heavy atom. The van der Waals surface area contributed by atoms with Crippen LogP contribution in [0.15, 0.2) is 30.3 Å². The minimum Gasteiger partial charge on any atom is -0.396 e. The number of carbonyl (C=O) groups is 1. The second-order valence-electron chi connectivity index (χ2n) is 5.17. The number of nitrogens with one attached hydrogen (secondary N) is 1.